The van der Waals surface area contributed by atoms with Crippen LogP contribution in [0.15, 0.2) is 24.7 Å². The van der Waals surface area contributed by atoms with Gasteiger partial charge in [0, 0.05) is 31.4 Å². The van der Waals surface area contributed by atoms with Gasteiger partial charge in [0.25, 0.3) is 5.91 Å². The number of hydrogen-bond acceptors (Lipinski definition) is 4. The number of halogens is 1. The second-order valence-electron chi connectivity index (χ2n) is 5.80. The summed E-state index contributed by atoms with van der Waals surface area (Å²) in [6.45, 7) is 0.524. The van der Waals surface area contributed by atoms with Crippen LogP contribution in [0.25, 0.3) is 5.52 Å². The third kappa shape index (κ3) is 2.12. The number of nitrogens with one attached hydrogen (secondary N) is 1. The Hall–Kier alpha value is -2.18. The van der Waals surface area contributed by atoms with Crippen LogP contribution in [0.4, 0.5) is 10.2 Å². The van der Waals surface area contributed by atoms with Crippen molar-refractivity contribution in [1.82, 2.24) is 19.9 Å². The molecule has 0 bridgehead atoms. The molecule has 1 N–H and O–H groups in total. The number of hydrogen-bond donors (Lipinski definition) is 1. The van der Waals surface area contributed by atoms with Crippen LogP contribution in [0, 0.1) is 0 Å². The van der Waals surface area contributed by atoms with Crippen molar-refractivity contribution in [3.05, 3.63) is 24.7 Å². The largest absolute Gasteiger partial charge is 0.351 e. The highest BCUT2D eigenvalue weighted by atomic mass is 19.1. The molecule has 110 valence electrons. The van der Waals surface area contributed by atoms with Crippen molar-refractivity contribution >= 4 is 17.2 Å². The summed E-state index contributed by atoms with van der Waals surface area (Å²) in [6, 6.07) is 2.01. The molecule has 2 fully saturated rings. The fraction of sp³-hybridized carbons (Fsp3) is 0.500. The molecule has 0 aromatic carbocycles. The highest BCUT2D eigenvalue weighted by Crippen LogP contribution is 2.32. The Labute approximate surface area is 121 Å². The van der Waals surface area contributed by atoms with E-state index in [0.29, 0.717) is 12.4 Å². The van der Waals surface area contributed by atoms with Crippen LogP contribution in [0.1, 0.15) is 19.3 Å². The lowest BCUT2D eigenvalue weighted by molar-refractivity contribution is -0.131. The Balaban J connectivity index is 1.57. The molecule has 1 saturated carbocycles. The Bertz CT molecular complexity index is 697. The Morgan fingerprint density at radius 2 is 2.29 bits per heavy atom. The molecule has 2 aromatic rings. The molecule has 1 atom stereocenters. The highest BCUT2D eigenvalue weighted by Gasteiger charge is 2.47. The van der Waals surface area contributed by atoms with Crippen LogP contribution in [0.3, 0.4) is 0 Å². The van der Waals surface area contributed by atoms with Gasteiger partial charge in [-0.15, -0.1) is 0 Å². The molecule has 3 heterocycles. The van der Waals surface area contributed by atoms with Crippen LogP contribution in [-0.2, 0) is 4.79 Å². The molecule has 1 saturated heterocycles. The van der Waals surface area contributed by atoms with E-state index in [1.807, 2.05) is 11.0 Å². The van der Waals surface area contributed by atoms with Crippen molar-refractivity contribution in [2.75, 3.05) is 18.0 Å². The number of amides is 1. The maximum absolute atomic E-state index is 14.9. The third-order valence-corrected chi connectivity index (χ3v) is 4.14. The van der Waals surface area contributed by atoms with E-state index in [9.17, 15) is 9.18 Å². The lowest BCUT2D eigenvalue weighted by atomic mass is 10.0. The highest BCUT2D eigenvalue weighted by molar-refractivity contribution is 5.87. The molecule has 4 rings (SSSR count). The maximum atomic E-state index is 14.9. The summed E-state index contributed by atoms with van der Waals surface area (Å²) < 4.78 is 16.6. The van der Waals surface area contributed by atoms with Crippen LogP contribution in [0.5, 0.6) is 0 Å². The molecule has 6 nitrogen and oxygen atoms in total. The molecular weight excluding hydrogens is 273 g/mol. The van der Waals surface area contributed by atoms with Crippen molar-refractivity contribution in [3.63, 3.8) is 0 Å². The molecule has 1 amide bonds. The molecular formula is C14H16FN5O. The van der Waals surface area contributed by atoms with Gasteiger partial charge in [0.2, 0.25) is 5.67 Å². The Morgan fingerprint density at radius 1 is 1.43 bits per heavy atom. The number of aromatic nitrogens is 3. The SMILES string of the molecule is O=C(NC1CC1)C1(F)CCN(c2nccn3nccc23)C1. The lowest BCUT2D eigenvalue weighted by Gasteiger charge is -2.21. The van der Waals surface area contributed by atoms with Crippen molar-refractivity contribution in [3.8, 4) is 0 Å². The van der Waals surface area contributed by atoms with E-state index in [4.69, 9.17) is 0 Å². The first-order valence-corrected chi connectivity index (χ1v) is 7.19. The summed E-state index contributed by atoms with van der Waals surface area (Å²) in [5.74, 6) is 0.196. The van der Waals surface area contributed by atoms with E-state index in [-0.39, 0.29) is 19.0 Å². The van der Waals surface area contributed by atoms with E-state index >= 15 is 0 Å². The quantitative estimate of drug-likeness (QED) is 0.913. The Kier molecular flexibility index (Phi) is 2.63. The van der Waals surface area contributed by atoms with E-state index < -0.39 is 11.6 Å². The van der Waals surface area contributed by atoms with Gasteiger partial charge in [-0.3, -0.25) is 4.79 Å². The minimum atomic E-state index is -1.82. The van der Waals surface area contributed by atoms with Gasteiger partial charge in [-0.1, -0.05) is 0 Å². The third-order valence-electron chi connectivity index (χ3n) is 4.14. The van der Waals surface area contributed by atoms with Gasteiger partial charge >= 0.3 is 0 Å². The summed E-state index contributed by atoms with van der Waals surface area (Å²) in [4.78, 5) is 18.2. The fourth-order valence-electron chi connectivity index (χ4n) is 2.77. The standard InChI is InChI=1S/C14H16FN5O/c15-14(13(21)18-10-1-2-10)4-7-19(9-14)12-11-3-5-17-20(11)8-6-16-12/h3,5-6,8,10H,1-2,4,7,9H2,(H,18,21). The van der Waals surface area contributed by atoms with Crippen LogP contribution < -0.4 is 10.2 Å². The molecule has 1 aliphatic heterocycles. The first-order valence-electron chi connectivity index (χ1n) is 7.19. The van der Waals surface area contributed by atoms with Gasteiger partial charge < -0.3 is 10.2 Å². The fourth-order valence-corrected chi connectivity index (χ4v) is 2.77. The first kappa shape index (κ1) is 12.6. The number of fused-ring (bicyclic) bond motifs is 1. The molecule has 7 heteroatoms. The van der Waals surface area contributed by atoms with E-state index in [0.717, 1.165) is 18.4 Å². The Morgan fingerprint density at radius 3 is 3.10 bits per heavy atom. The van der Waals surface area contributed by atoms with Gasteiger partial charge in [0.15, 0.2) is 5.82 Å². The van der Waals surface area contributed by atoms with E-state index in [1.54, 1.807) is 23.1 Å². The topological polar surface area (TPSA) is 62.5 Å². The predicted molar refractivity (Wildman–Crippen MR) is 74.8 cm³/mol. The minimum absolute atomic E-state index is 0.0450. The molecule has 0 spiro atoms. The summed E-state index contributed by atoms with van der Waals surface area (Å²) in [5, 5.41) is 6.91. The molecule has 0 radical (unpaired) electrons. The van der Waals surface area contributed by atoms with Gasteiger partial charge in [-0.05, 0) is 18.9 Å². The average Bonchev–Trinajstić information content (AvgIpc) is 3.01. The van der Waals surface area contributed by atoms with Crippen molar-refractivity contribution in [2.24, 2.45) is 0 Å². The van der Waals surface area contributed by atoms with Gasteiger partial charge in [0.1, 0.15) is 5.52 Å². The van der Waals surface area contributed by atoms with Crippen molar-refractivity contribution < 1.29 is 9.18 Å². The average molecular weight is 289 g/mol. The molecule has 1 aliphatic carbocycles. The molecule has 21 heavy (non-hydrogen) atoms. The zero-order valence-electron chi connectivity index (χ0n) is 11.5. The molecule has 1 unspecified atom stereocenters. The van der Waals surface area contributed by atoms with Crippen LogP contribution in [-0.4, -0.2) is 45.3 Å². The monoisotopic (exact) mass is 289 g/mol. The van der Waals surface area contributed by atoms with Gasteiger partial charge in [-0.2, -0.15) is 5.10 Å². The molecule has 2 aliphatic rings. The summed E-state index contributed by atoms with van der Waals surface area (Å²) >= 11 is 0. The normalized spacial score (nSPS) is 25.5. The zero-order chi connectivity index (χ0) is 14.4. The number of alkyl halides is 1. The molecule has 2 aromatic heterocycles. The number of carbonyl (C=O) groups is 1. The van der Waals surface area contributed by atoms with Crippen molar-refractivity contribution in [2.45, 2.75) is 31.0 Å². The number of carbonyl (C=O) groups excluding carboxylic acids is 1. The number of nitrogens with zero attached hydrogens (tertiary/aromatic N) is 4. The maximum Gasteiger partial charge on any atom is 0.259 e. The van der Waals surface area contributed by atoms with Crippen LogP contribution >= 0.6 is 0 Å². The van der Waals surface area contributed by atoms with Crippen LogP contribution in [0.2, 0.25) is 0 Å². The number of rotatable bonds is 3. The second kappa shape index (κ2) is 4.41. The second-order valence-corrected chi connectivity index (χ2v) is 5.80. The van der Waals surface area contributed by atoms with Gasteiger partial charge in [-0.25, -0.2) is 13.9 Å². The van der Waals surface area contributed by atoms with Crippen molar-refractivity contribution in [1.29, 1.82) is 0 Å². The summed E-state index contributed by atoms with van der Waals surface area (Å²) in [7, 11) is 0. The predicted octanol–water partition coefficient (Wildman–Crippen LogP) is 0.926. The van der Waals surface area contributed by atoms with Gasteiger partial charge in [0.05, 0.1) is 12.7 Å². The number of anilines is 1. The van der Waals surface area contributed by atoms with E-state index in [2.05, 4.69) is 15.4 Å². The smallest absolute Gasteiger partial charge is 0.259 e. The lowest BCUT2D eigenvalue weighted by Crippen LogP contribution is -2.46. The zero-order valence-corrected chi connectivity index (χ0v) is 11.5. The summed E-state index contributed by atoms with van der Waals surface area (Å²) in [5.41, 5.74) is -0.999. The first-order chi connectivity index (χ1) is 10.2. The minimum Gasteiger partial charge on any atom is -0.351 e. The van der Waals surface area contributed by atoms with E-state index in [1.165, 1.54) is 0 Å². The summed E-state index contributed by atoms with van der Waals surface area (Å²) in [6.07, 6.45) is 7.18.